The molecule has 2 nitrogen and oxygen atoms in total. The molecule has 4 heteroatoms. The molecule has 0 saturated carbocycles. The van der Waals surface area contributed by atoms with Crippen LogP contribution in [0, 0.1) is 0 Å². The van der Waals surface area contributed by atoms with Crippen molar-refractivity contribution in [2.75, 3.05) is 11.5 Å². The van der Waals surface area contributed by atoms with E-state index < -0.39 is 0 Å². The molecule has 0 aliphatic carbocycles. The van der Waals surface area contributed by atoms with Crippen LogP contribution in [0.1, 0.15) is 36.8 Å². The molecule has 0 aromatic heterocycles. The molecule has 0 fully saturated rings. The third kappa shape index (κ3) is 7.43. The number of Topliss-reactive ketones (excluding diaryl/α,β-unsaturated/α-hetero) is 2. The smallest absolute Gasteiger partial charge is 0.130 e. The van der Waals surface area contributed by atoms with Gasteiger partial charge in [0.2, 0.25) is 0 Å². The summed E-state index contributed by atoms with van der Waals surface area (Å²) in [5.74, 6) is 2.13. The molecule has 0 saturated heterocycles. The fourth-order valence-corrected chi connectivity index (χ4v) is 4.37. The maximum Gasteiger partial charge on any atom is 0.130 e. The maximum atomic E-state index is 11.0. The van der Waals surface area contributed by atoms with Crippen molar-refractivity contribution in [3.8, 4) is 0 Å². The van der Waals surface area contributed by atoms with Gasteiger partial charge in [-0.05, 0) is 19.4 Å². The molecule has 0 heterocycles. The molecular formula is C15H20O2S2. The van der Waals surface area contributed by atoms with Crippen LogP contribution in [0.4, 0.5) is 0 Å². The van der Waals surface area contributed by atoms with Gasteiger partial charge in [0.05, 0.1) is 4.58 Å². The first-order valence-corrected chi connectivity index (χ1v) is 8.46. The van der Waals surface area contributed by atoms with Crippen LogP contribution >= 0.6 is 23.5 Å². The second-order valence-corrected chi connectivity index (χ2v) is 7.11. The molecule has 0 unspecified atom stereocenters. The van der Waals surface area contributed by atoms with E-state index in [0.29, 0.717) is 17.4 Å². The molecule has 1 aromatic carbocycles. The summed E-state index contributed by atoms with van der Waals surface area (Å²) in [6, 6.07) is 10.3. The van der Waals surface area contributed by atoms with Gasteiger partial charge in [-0.1, -0.05) is 30.3 Å². The Balaban J connectivity index is 2.52. The van der Waals surface area contributed by atoms with Crippen LogP contribution in [-0.2, 0) is 9.59 Å². The molecule has 104 valence electrons. The van der Waals surface area contributed by atoms with Crippen molar-refractivity contribution in [3.05, 3.63) is 35.9 Å². The first kappa shape index (κ1) is 16.3. The van der Waals surface area contributed by atoms with E-state index in [-0.39, 0.29) is 11.6 Å². The average molecular weight is 296 g/mol. The summed E-state index contributed by atoms with van der Waals surface area (Å²) in [5.41, 5.74) is 1.25. The lowest BCUT2D eigenvalue weighted by atomic mass is 10.2. The molecule has 0 N–H and O–H groups in total. The van der Waals surface area contributed by atoms with Gasteiger partial charge in [-0.15, -0.1) is 23.5 Å². The zero-order valence-corrected chi connectivity index (χ0v) is 13.1. The summed E-state index contributed by atoms with van der Waals surface area (Å²) in [6.07, 6.45) is 1.22. The number of rotatable bonds is 9. The van der Waals surface area contributed by atoms with E-state index in [0.717, 1.165) is 11.5 Å². The Bertz CT molecular complexity index is 384. The van der Waals surface area contributed by atoms with Crippen molar-refractivity contribution < 1.29 is 9.59 Å². The van der Waals surface area contributed by atoms with E-state index in [2.05, 4.69) is 12.1 Å². The zero-order valence-electron chi connectivity index (χ0n) is 11.4. The van der Waals surface area contributed by atoms with Crippen molar-refractivity contribution in [2.24, 2.45) is 0 Å². The molecule has 0 atom stereocenters. The van der Waals surface area contributed by atoms with Gasteiger partial charge in [0.1, 0.15) is 11.6 Å². The van der Waals surface area contributed by atoms with Crippen LogP contribution in [0.2, 0.25) is 0 Å². The highest BCUT2D eigenvalue weighted by Crippen LogP contribution is 2.39. The Hall–Kier alpha value is -0.740. The molecule has 0 aliphatic rings. The minimum Gasteiger partial charge on any atom is -0.300 e. The van der Waals surface area contributed by atoms with Crippen LogP contribution in [0.5, 0.6) is 0 Å². The molecule has 1 rings (SSSR count). The summed E-state index contributed by atoms with van der Waals surface area (Å²) in [7, 11) is 0. The van der Waals surface area contributed by atoms with Crippen LogP contribution in [0.15, 0.2) is 30.3 Å². The van der Waals surface area contributed by atoms with E-state index in [4.69, 9.17) is 0 Å². The molecule has 0 amide bonds. The predicted molar refractivity (Wildman–Crippen MR) is 84.7 cm³/mol. The zero-order chi connectivity index (χ0) is 14.1. The highest BCUT2D eigenvalue weighted by Gasteiger charge is 2.12. The quantitative estimate of drug-likeness (QED) is 0.642. The van der Waals surface area contributed by atoms with Crippen molar-refractivity contribution in [1.29, 1.82) is 0 Å². The van der Waals surface area contributed by atoms with E-state index in [9.17, 15) is 9.59 Å². The van der Waals surface area contributed by atoms with Crippen LogP contribution < -0.4 is 0 Å². The summed E-state index contributed by atoms with van der Waals surface area (Å²) >= 11 is 3.57. The van der Waals surface area contributed by atoms with Gasteiger partial charge in [-0.25, -0.2) is 0 Å². The largest absolute Gasteiger partial charge is 0.300 e. The third-order valence-corrected chi connectivity index (χ3v) is 5.36. The molecule has 19 heavy (non-hydrogen) atoms. The number of ketones is 2. The number of hydrogen-bond donors (Lipinski definition) is 0. The summed E-state index contributed by atoms with van der Waals surface area (Å²) in [4.78, 5) is 22.0. The van der Waals surface area contributed by atoms with E-state index >= 15 is 0 Å². The fourth-order valence-electron chi connectivity index (χ4n) is 1.47. The highest BCUT2D eigenvalue weighted by atomic mass is 32.2. The average Bonchev–Trinajstić information content (AvgIpc) is 2.37. The SMILES string of the molecule is CC(=O)CCSC(SCCC(C)=O)c1ccccc1. The van der Waals surface area contributed by atoms with Gasteiger partial charge in [-0.3, -0.25) is 9.59 Å². The Morgan fingerprint density at radius 1 is 0.947 bits per heavy atom. The highest BCUT2D eigenvalue weighted by molar-refractivity contribution is 8.16. The first-order chi connectivity index (χ1) is 9.09. The third-order valence-electron chi connectivity index (χ3n) is 2.52. The molecule has 0 radical (unpaired) electrons. The molecule has 0 spiro atoms. The first-order valence-electron chi connectivity index (χ1n) is 6.36. The fraction of sp³-hybridized carbons (Fsp3) is 0.467. The molecule has 0 aliphatic heterocycles. The van der Waals surface area contributed by atoms with Crippen LogP contribution in [0.3, 0.4) is 0 Å². The van der Waals surface area contributed by atoms with Crippen molar-refractivity contribution in [1.82, 2.24) is 0 Å². The lowest BCUT2D eigenvalue weighted by molar-refractivity contribution is -0.117. The van der Waals surface area contributed by atoms with Gasteiger partial charge in [0.25, 0.3) is 0 Å². The van der Waals surface area contributed by atoms with Gasteiger partial charge in [-0.2, -0.15) is 0 Å². The Kier molecular flexibility index (Phi) is 7.91. The minimum absolute atomic E-state index is 0.230. The molecule has 0 bridgehead atoms. The van der Waals surface area contributed by atoms with Crippen LogP contribution in [0.25, 0.3) is 0 Å². The standard InChI is InChI=1S/C15H20O2S2/c1-12(16)8-10-18-15(19-11-9-13(2)17)14-6-4-3-5-7-14/h3-7,15H,8-11H2,1-2H3. The van der Waals surface area contributed by atoms with Crippen LogP contribution in [-0.4, -0.2) is 23.1 Å². The van der Waals surface area contributed by atoms with Gasteiger partial charge in [0.15, 0.2) is 0 Å². The van der Waals surface area contributed by atoms with E-state index in [1.54, 1.807) is 37.4 Å². The van der Waals surface area contributed by atoms with Crippen molar-refractivity contribution in [3.63, 3.8) is 0 Å². The predicted octanol–water partition coefficient (Wildman–Crippen LogP) is 4.11. The number of carbonyl (C=O) groups is 2. The van der Waals surface area contributed by atoms with Gasteiger partial charge >= 0.3 is 0 Å². The lowest BCUT2D eigenvalue weighted by Crippen LogP contribution is -1.98. The number of hydrogen-bond acceptors (Lipinski definition) is 4. The number of benzene rings is 1. The van der Waals surface area contributed by atoms with Gasteiger partial charge in [0, 0.05) is 24.3 Å². The maximum absolute atomic E-state index is 11.0. The number of carbonyl (C=O) groups excluding carboxylic acids is 2. The van der Waals surface area contributed by atoms with Crippen molar-refractivity contribution >= 4 is 35.1 Å². The molecular weight excluding hydrogens is 276 g/mol. The summed E-state index contributed by atoms with van der Waals surface area (Å²) in [6.45, 7) is 3.25. The second-order valence-electron chi connectivity index (χ2n) is 4.39. The Morgan fingerprint density at radius 3 is 1.84 bits per heavy atom. The summed E-state index contributed by atoms with van der Waals surface area (Å²) < 4.78 is 0.305. The monoisotopic (exact) mass is 296 g/mol. The van der Waals surface area contributed by atoms with E-state index in [1.807, 2.05) is 18.2 Å². The lowest BCUT2D eigenvalue weighted by Gasteiger charge is -2.16. The summed E-state index contributed by atoms with van der Waals surface area (Å²) in [5, 5.41) is 0. The Morgan fingerprint density at radius 2 is 1.42 bits per heavy atom. The number of thioether (sulfide) groups is 2. The van der Waals surface area contributed by atoms with Gasteiger partial charge < -0.3 is 0 Å². The normalized spacial score (nSPS) is 10.7. The van der Waals surface area contributed by atoms with E-state index in [1.165, 1.54) is 5.56 Å². The van der Waals surface area contributed by atoms with Crippen molar-refractivity contribution in [2.45, 2.75) is 31.3 Å². The molecule has 1 aromatic rings. The minimum atomic E-state index is 0.230. The topological polar surface area (TPSA) is 34.1 Å². The second kappa shape index (κ2) is 9.21. The Labute approximate surface area is 123 Å².